The van der Waals surface area contributed by atoms with Crippen molar-refractivity contribution >= 4 is 5.97 Å². The van der Waals surface area contributed by atoms with Crippen LogP contribution in [0.2, 0.25) is 0 Å². The maximum atomic E-state index is 10.2. The molecule has 1 fully saturated rings. The van der Waals surface area contributed by atoms with Crippen LogP contribution in [0.3, 0.4) is 0 Å². The summed E-state index contributed by atoms with van der Waals surface area (Å²) in [6, 6.07) is -0.390. The van der Waals surface area contributed by atoms with Gasteiger partial charge in [-0.3, -0.25) is 0 Å². The monoisotopic (exact) mass is 261 g/mol. The Labute approximate surface area is 119 Å². The predicted octanol–water partition coefficient (Wildman–Crippen LogP) is -4.12. The molecule has 1 N–H and O–H groups in total. The van der Waals surface area contributed by atoms with E-state index in [2.05, 4.69) is 5.32 Å². The van der Waals surface area contributed by atoms with Crippen LogP contribution in [0.4, 0.5) is 0 Å². The van der Waals surface area contributed by atoms with Gasteiger partial charge in [-0.25, -0.2) is 0 Å². The smallest absolute Gasteiger partial charge is 0.548 e. The summed E-state index contributed by atoms with van der Waals surface area (Å²) in [4.78, 5) is 10.2. The molecule has 1 heterocycles. The number of carbonyl (C=O) groups is 1. The topological polar surface area (TPSA) is 52.2 Å². The largest absolute Gasteiger partial charge is 1.00 e. The molecule has 1 aliphatic heterocycles. The van der Waals surface area contributed by atoms with Crippen molar-refractivity contribution in [2.45, 2.75) is 25.3 Å². The molecule has 0 aliphatic carbocycles. The normalized spacial score (nSPS) is 25.0. The molecule has 10 heavy (non-hydrogen) atoms. The van der Waals surface area contributed by atoms with Gasteiger partial charge in [0.2, 0.25) is 0 Å². The maximum Gasteiger partial charge on any atom is 1.00 e. The molecule has 4 heteroatoms. The van der Waals surface area contributed by atoms with Crippen molar-refractivity contribution in [3.63, 3.8) is 0 Å². The molecule has 3 nitrogen and oxygen atoms in total. The van der Waals surface area contributed by atoms with Gasteiger partial charge in [-0.15, -0.1) is 0 Å². The van der Waals surface area contributed by atoms with E-state index < -0.39 is 12.0 Å². The van der Waals surface area contributed by atoms with E-state index in [-0.39, 0.29) is 68.9 Å². The molecule has 52 valence electrons. The average Bonchev–Trinajstić information content (AvgIpc) is 1.90. The van der Waals surface area contributed by atoms with Crippen LogP contribution < -0.4 is 79.3 Å². The van der Waals surface area contributed by atoms with Crippen LogP contribution >= 0.6 is 0 Å². The minimum Gasteiger partial charge on any atom is -0.548 e. The van der Waals surface area contributed by atoms with Crippen LogP contribution in [0.25, 0.3) is 0 Å². The minimum atomic E-state index is -0.963. The van der Waals surface area contributed by atoms with Gasteiger partial charge in [0.1, 0.15) is 0 Å². The minimum absolute atomic E-state index is 0. The van der Waals surface area contributed by atoms with Crippen molar-refractivity contribution in [1.29, 1.82) is 0 Å². The second kappa shape index (κ2) is 6.05. The summed E-state index contributed by atoms with van der Waals surface area (Å²) in [7, 11) is 0. The van der Waals surface area contributed by atoms with Crippen molar-refractivity contribution in [1.82, 2.24) is 5.32 Å². The third-order valence-corrected chi connectivity index (χ3v) is 1.59. The number of carbonyl (C=O) groups excluding carboxylic acids is 1. The first-order chi connectivity index (χ1) is 4.30. The molecule has 0 aromatic carbocycles. The molecule has 0 aromatic rings. The van der Waals surface area contributed by atoms with E-state index in [1.54, 1.807) is 0 Å². The fraction of sp³-hybridized carbons (Fsp3) is 0.833. The van der Waals surface area contributed by atoms with Gasteiger partial charge in [0, 0.05) is 6.04 Å². The number of nitrogens with one attached hydrogen (secondary N) is 1. The Hall–Kier alpha value is 1.48. The van der Waals surface area contributed by atoms with Gasteiger partial charge < -0.3 is 15.2 Å². The molecular formula is C6H10CsNO2. The van der Waals surface area contributed by atoms with Crippen LogP contribution in [0.5, 0.6) is 0 Å². The van der Waals surface area contributed by atoms with Crippen molar-refractivity contribution < 1.29 is 78.8 Å². The first-order valence-electron chi connectivity index (χ1n) is 3.25. The second-order valence-corrected chi connectivity index (χ2v) is 2.32. The molecule has 1 aliphatic rings. The van der Waals surface area contributed by atoms with Gasteiger partial charge in [-0.1, -0.05) is 6.42 Å². The molecule has 1 rings (SSSR count). The number of aliphatic carboxylic acids is 1. The zero-order valence-corrected chi connectivity index (χ0v) is 12.5. The molecule has 1 saturated heterocycles. The van der Waals surface area contributed by atoms with Crippen LogP contribution in [0, 0.1) is 0 Å². The fourth-order valence-electron chi connectivity index (χ4n) is 1.05. The van der Waals surface area contributed by atoms with Crippen molar-refractivity contribution in [2.24, 2.45) is 0 Å². The van der Waals surface area contributed by atoms with E-state index in [4.69, 9.17) is 0 Å². The molecule has 0 saturated carbocycles. The molecule has 1 unspecified atom stereocenters. The van der Waals surface area contributed by atoms with Crippen molar-refractivity contribution in [3.8, 4) is 0 Å². The van der Waals surface area contributed by atoms with Crippen LogP contribution in [-0.4, -0.2) is 18.6 Å². The Morgan fingerprint density at radius 2 is 2.20 bits per heavy atom. The van der Waals surface area contributed by atoms with Gasteiger partial charge >= 0.3 is 68.9 Å². The molecule has 0 amide bonds. The third-order valence-electron chi connectivity index (χ3n) is 1.59. The first kappa shape index (κ1) is 11.5. The summed E-state index contributed by atoms with van der Waals surface area (Å²) < 4.78 is 0. The van der Waals surface area contributed by atoms with Crippen LogP contribution in [-0.2, 0) is 4.79 Å². The molecule has 1 atom stereocenters. The zero-order chi connectivity index (χ0) is 6.69. The average molecular weight is 261 g/mol. The van der Waals surface area contributed by atoms with E-state index in [1.807, 2.05) is 0 Å². The number of hydrogen-bond acceptors (Lipinski definition) is 3. The summed E-state index contributed by atoms with van der Waals surface area (Å²) in [6.45, 7) is 0.818. The number of carboxylic acid groups (broad SMARTS) is 1. The van der Waals surface area contributed by atoms with Gasteiger partial charge in [0.25, 0.3) is 0 Å². The zero-order valence-electron chi connectivity index (χ0n) is 6.22. The summed E-state index contributed by atoms with van der Waals surface area (Å²) in [5.41, 5.74) is 0. The number of carboxylic acids is 1. The number of piperidine rings is 1. The predicted molar refractivity (Wildman–Crippen MR) is 30.6 cm³/mol. The molecule has 0 bridgehead atoms. The van der Waals surface area contributed by atoms with Gasteiger partial charge in [-0.2, -0.15) is 0 Å². The van der Waals surface area contributed by atoms with E-state index in [0.717, 1.165) is 25.8 Å². The van der Waals surface area contributed by atoms with E-state index in [1.165, 1.54) is 0 Å². The molecule has 0 aromatic heterocycles. The Morgan fingerprint density at radius 1 is 1.50 bits per heavy atom. The summed E-state index contributed by atoms with van der Waals surface area (Å²) in [6.07, 6.45) is 2.82. The van der Waals surface area contributed by atoms with Gasteiger partial charge in [0.15, 0.2) is 0 Å². The van der Waals surface area contributed by atoms with Crippen molar-refractivity contribution in [3.05, 3.63) is 0 Å². The molecule has 0 radical (unpaired) electrons. The van der Waals surface area contributed by atoms with E-state index in [0.29, 0.717) is 0 Å². The summed E-state index contributed by atoms with van der Waals surface area (Å²) in [5.74, 6) is -0.963. The number of rotatable bonds is 1. The second-order valence-electron chi connectivity index (χ2n) is 2.32. The molecular weight excluding hydrogens is 251 g/mol. The Bertz CT molecular complexity index is 112. The summed E-state index contributed by atoms with van der Waals surface area (Å²) >= 11 is 0. The van der Waals surface area contributed by atoms with Crippen molar-refractivity contribution in [2.75, 3.05) is 6.54 Å². The quantitative estimate of drug-likeness (QED) is 0.522. The van der Waals surface area contributed by atoms with Gasteiger partial charge in [0.05, 0.1) is 5.97 Å². The van der Waals surface area contributed by atoms with E-state index >= 15 is 0 Å². The maximum absolute atomic E-state index is 10.2. The van der Waals surface area contributed by atoms with Crippen LogP contribution in [0.15, 0.2) is 0 Å². The molecule has 0 spiro atoms. The van der Waals surface area contributed by atoms with Crippen LogP contribution in [0.1, 0.15) is 19.3 Å². The SMILES string of the molecule is O=C([O-])C1CCCCN1.[Cs+]. The Morgan fingerprint density at radius 3 is 2.50 bits per heavy atom. The first-order valence-corrected chi connectivity index (χ1v) is 3.25. The summed E-state index contributed by atoms with van der Waals surface area (Å²) in [5, 5.41) is 13.0. The Kier molecular flexibility index (Phi) is 6.95. The fourth-order valence-corrected chi connectivity index (χ4v) is 1.05. The standard InChI is InChI=1S/C6H11NO2.Cs/c8-6(9)5-3-1-2-4-7-5;/h5,7H,1-4H2,(H,8,9);/q;+1/p-1. The third kappa shape index (κ3) is 3.75. The van der Waals surface area contributed by atoms with Gasteiger partial charge in [-0.05, 0) is 19.4 Å². The number of hydrogen-bond donors (Lipinski definition) is 1. The van der Waals surface area contributed by atoms with E-state index in [9.17, 15) is 9.90 Å². The Balaban J connectivity index is 0.000000810.